The minimum Gasteiger partial charge on any atom is -0.383 e. The van der Waals surface area contributed by atoms with E-state index in [1.54, 1.807) is 24.3 Å². The van der Waals surface area contributed by atoms with Gasteiger partial charge in [-0.05, 0) is 25.5 Å². The van der Waals surface area contributed by atoms with Crippen LogP contribution in [0.25, 0.3) is 0 Å². The largest absolute Gasteiger partial charge is 0.383 e. The Bertz CT molecular complexity index is 819. The predicted octanol–water partition coefficient (Wildman–Crippen LogP) is 2.06. The number of benzene rings is 1. The van der Waals surface area contributed by atoms with Gasteiger partial charge in [0.1, 0.15) is 5.82 Å². The Morgan fingerprint density at radius 1 is 1.38 bits per heavy atom. The van der Waals surface area contributed by atoms with Crippen LogP contribution in [0.3, 0.4) is 0 Å². The van der Waals surface area contributed by atoms with Crippen molar-refractivity contribution in [3.05, 3.63) is 46.2 Å². The molecule has 0 aliphatic carbocycles. The molecule has 2 rings (SSSR count). The molecule has 4 N–H and O–H groups in total. The van der Waals surface area contributed by atoms with Crippen LogP contribution >= 0.6 is 11.8 Å². The Kier molecular flexibility index (Phi) is 5.75. The Morgan fingerprint density at radius 2 is 2.12 bits per heavy atom. The Hall–Kier alpha value is -2.61. The lowest BCUT2D eigenvalue weighted by atomic mass is 10.1. The molecular formula is C16H18N4O3S. The van der Waals surface area contributed by atoms with Gasteiger partial charge in [0.25, 0.3) is 5.56 Å². The number of hydrogen-bond donors (Lipinski definition) is 3. The van der Waals surface area contributed by atoms with E-state index in [1.807, 2.05) is 6.92 Å². The van der Waals surface area contributed by atoms with Crippen molar-refractivity contribution in [3.8, 4) is 0 Å². The third-order valence-corrected chi connectivity index (χ3v) is 4.44. The summed E-state index contributed by atoms with van der Waals surface area (Å²) in [5.41, 5.74) is 6.24. The molecule has 0 saturated carbocycles. The summed E-state index contributed by atoms with van der Waals surface area (Å²) in [4.78, 5) is 41.8. The van der Waals surface area contributed by atoms with Gasteiger partial charge in [-0.15, -0.1) is 0 Å². The number of nitrogen functional groups attached to an aromatic ring is 1. The van der Waals surface area contributed by atoms with Gasteiger partial charge in [-0.3, -0.25) is 14.4 Å². The first kappa shape index (κ1) is 17.7. The first-order valence-electron chi connectivity index (χ1n) is 7.34. The van der Waals surface area contributed by atoms with Gasteiger partial charge >= 0.3 is 0 Å². The summed E-state index contributed by atoms with van der Waals surface area (Å²) in [5.74, 6) is -0.215. The van der Waals surface area contributed by atoms with Gasteiger partial charge in [0, 0.05) is 17.3 Å². The minimum atomic E-state index is -0.462. The van der Waals surface area contributed by atoms with Crippen molar-refractivity contribution >= 4 is 35.0 Å². The summed E-state index contributed by atoms with van der Waals surface area (Å²) in [6.45, 7) is 3.32. The molecule has 0 aliphatic rings. The Morgan fingerprint density at radius 3 is 2.75 bits per heavy atom. The smallest absolute Gasteiger partial charge is 0.253 e. The number of Topliss-reactive ketones (excluding diaryl/α,β-unsaturated/α-hetero) is 1. The van der Waals surface area contributed by atoms with Crippen molar-refractivity contribution in [1.82, 2.24) is 9.97 Å². The highest BCUT2D eigenvalue weighted by Gasteiger charge is 2.19. The monoisotopic (exact) mass is 346 g/mol. The fourth-order valence-electron chi connectivity index (χ4n) is 2.00. The molecule has 1 atom stereocenters. The van der Waals surface area contributed by atoms with Crippen LogP contribution in [0.15, 0.2) is 40.3 Å². The van der Waals surface area contributed by atoms with Crippen LogP contribution in [0.5, 0.6) is 0 Å². The SMILES string of the molecule is CCC(Sc1nc(N)cc(=O)[nH]1)C(=O)Nc1cccc(C(C)=O)c1. The van der Waals surface area contributed by atoms with E-state index in [9.17, 15) is 14.4 Å². The second-order valence-electron chi connectivity index (χ2n) is 5.12. The highest BCUT2D eigenvalue weighted by Crippen LogP contribution is 2.23. The average Bonchev–Trinajstić information content (AvgIpc) is 2.51. The van der Waals surface area contributed by atoms with Crippen molar-refractivity contribution in [2.24, 2.45) is 0 Å². The highest BCUT2D eigenvalue weighted by atomic mass is 32.2. The number of H-pyrrole nitrogens is 1. The van der Waals surface area contributed by atoms with Gasteiger partial charge in [0.15, 0.2) is 10.9 Å². The number of hydrogen-bond acceptors (Lipinski definition) is 6. The number of carbonyl (C=O) groups is 2. The van der Waals surface area contributed by atoms with Crippen LogP contribution < -0.4 is 16.6 Å². The molecule has 0 spiro atoms. The summed E-state index contributed by atoms with van der Waals surface area (Å²) in [6, 6.07) is 7.90. The zero-order valence-electron chi connectivity index (χ0n) is 13.3. The number of thioether (sulfide) groups is 1. The fourth-order valence-corrected chi connectivity index (χ4v) is 2.92. The summed E-state index contributed by atoms with van der Waals surface area (Å²) in [6.07, 6.45) is 0.529. The number of rotatable bonds is 6. The first-order chi connectivity index (χ1) is 11.4. The molecule has 2 aromatic rings. The standard InChI is InChI=1S/C16H18N4O3S/c1-3-12(24-16-19-13(17)8-14(22)20-16)15(23)18-11-6-4-5-10(7-11)9(2)21/h4-8,12H,3H2,1-2H3,(H,18,23)(H3,17,19,20,22). The molecule has 126 valence electrons. The van der Waals surface area contributed by atoms with E-state index in [2.05, 4.69) is 15.3 Å². The van der Waals surface area contributed by atoms with E-state index >= 15 is 0 Å². The van der Waals surface area contributed by atoms with E-state index in [-0.39, 0.29) is 23.1 Å². The molecule has 8 heteroatoms. The van der Waals surface area contributed by atoms with Gasteiger partial charge in [-0.1, -0.05) is 30.8 Å². The molecule has 1 aromatic heterocycles. The van der Waals surface area contributed by atoms with Gasteiger partial charge in [0.05, 0.1) is 5.25 Å². The van der Waals surface area contributed by atoms with Gasteiger partial charge in [-0.2, -0.15) is 0 Å². The lowest BCUT2D eigenvalue weighted by Crippen LogP contribution is -2.25. The normalized spacial score (nSPS) is 11.8. The lowest BCUT2D eigenvalue weighted by molar-refractivity contribution is -0.115. The van der Waals surface area contributed by atoms with Crippen molar-refractivity contribution in [2.75, 3.05) is 11.1 Å². The quantitative estimate of drug-likeness (QED) is 0.419. The molecular weight excluding hydrogens is 328 g/mol. The maximum atomic E-state index is 12.4. The lowest BCUT2D eigenvalue weighted by Gasteiger charge is -2.14. The predicted molar refractivity (Wildman–Crippen MR) is 94.3 cm³/mol. The van der Waals surface area contributed by atoms with E-state index in [4.69, 9.17) is 5.73 Å². The molecule has 7 nitrogen and oxygen atoms in total. The Balaban J connectivity index is 2.12. The second-order valence-corrected chi connectivity index (χ2v) is 6.31. The van der Waals surface area contributed by atoms with Crippen LogP contribution in [0.1, 0.15) is 30.6 Å². The second kappa shape index (κ2) is 7.78. The molecule has 0 aliphatic heterocycles. The summed E-state index contributed by atoms with van der Waals surface area (Å²) in [5, 5.41) is 2.60. The Labute approximate surface area is 143 Å². The van der Waals surface area contributed by atoms with Crippen LogP contribution in [-0.4, -0.2) is 26.9 Å². The highest BCUT2D eigenvalue weighted by molar-refractivity contribution is 8.00. The first-order valence-corrected chi connectivity index (χ1v) is 8.22. The van der Waals surface area contributed by atoms with Crippen molar-refractivity contribution in [3.63, 3.8) is 0 Å². The van der Waals surface area contributed by atoms with Crippen molar-refractivity contribution < 1.29 is 9.59 Å². The maximum Gasteiger partial charge on any atom is 0.253 e. The van der Waals surface area contributed by atoms with Crippen molar-refractivity contribution in [1.29, 1.82) is 0 Å². The number of nitrogens with two attached hydrogens (primary N) is 1. The molecule has 1 heterocycles. The third-order valence-electron chi connectivity index (χ3n) is 3.19. The molecule has 0 radical (unpaired) electrons. The number of amides is 1. The number of aromatic nitrogens is 2. The van der Waals surface area contributed by atoms with Gasteiger partial charge in [-0.25, -0.2) is 4.98 Å². The number of nitrogens with zero attached hydrogens (tertiary/aromatic N) is 1. The fraction of sp³-hybridized carbons (Fsp3) is 0.250. The van der Waals surface area contributed by atoms with Crippen LogP contribution in [0.4, 0.5) is 11.5 Å². The van der Waals surface area contributed by atoms with Gasteiger partial charge in [0.2, 0.25) is 5.91 Å². The molecule has 1 amide bonds. The van der Waals surface area contributed by atoms with E-state index in [0.29, 0.717) is 22.8 Å². The van der Waals surface area contributed by atoms with E-state index in [1.165, 1.54) is 13.0 Å². The van der Waals surface area contributed by atoms with Crippen LogP contribution in [0, 0.1) is 0 Å². The van der Waals surface area contributed by atoms with Crippen LogP contribution in [-0.2, 0) is 4.79 Å². The third kappa shape index (κ3) is 4.69. The number of aromatic amines is 1. The summed E-state index contributed by atoms with van der Waals surface area (Å²) >= 11 is 1.13. The van der Waals surface area contributed by atoms with Crippen molar-refractivity contribution in [2.45, 2.75) is 30.7 Å². The average molecular weight is 346 g/mol. The number of carbonyl (C=O) groups excluding carboxylic acids is 2. The summed E-state index contributed by atoms with van der Waals surface area (Å²) < 4.78 is 0. The molecule has 1 unspecified atom stereocenters. The van der Waals surface area contributed by atoms with E-state index in [0.717, 1.165) is 11.8 Å². The molecule has 0 fully saturated rings. The summed E-state index contributed by atoms with van der Waals surface area (Å²) in [7, 11) is 0. The molecule has 0 bridgehead atoms. The molecule has 24 heavy (non-hydrogen) atoms. The maximum absolute atomic E-state index is 12.4. The van der Waals surface area contributed by atoms with Gasteiger partial charge < -0.3 is 16.0 Å². The van der Waals surface area contributed by atoms with Crippen LogP contribution in [0.2, 0.25) is 0 Å². The van der Waals surface area contributed by atoms with E-state index < -0.39 is 5.25 Å². The number of ketones is 1. The topological polar surface area (TPSA) is 118 Å². The zero-order chi connectivity index (χ0) is 17.7. The zero-order valence-corrected chi connectivity index (χ0v) is 14.1. The number of anilines is 2. The molecule has 1 aromatic carbocycles. The minimum absolute atomic E-state index is 0.0750. The number of nitrogens with one attached hydrogen (secondary N) is 2. The molecule has 0 saturated heterocycles.